The molecule has 0 spiro atoms. The van der Waals surface area contributed by atoms with Gasteiger partial charge in [-0.05, 0) is 37.1 Å². The summed E-state index contributed by atoms with van der Waals surface area (Å²) in [6, 6.07) is 53.1. The van der Waals surface area contributed by atoms with E-state index in [0.29, 0.717) is 34.9 Å². The molecular weight excluding hydrogens is 637 g/mol. The van der Waals surface area contributed by atoms with Crippen LogP contribution in [0.1, 0.15) is 22.3 Å². The zero-order valence-corrected chi connectivity index (χ0v) is 28.8. The standard InChI is InChI=1S/C46H34N6/c1-31-11-9-17-39(29-31)45-49-41(35-13-5-3-6-14-35)47-43(51-45)37-25-21-33(22-26-37)19-20-34-23-27-38(28-24-34)44-48-42(36-15-7-4-8-16-36)50-46(52-44)40-18-10-12-32(2)30-40/h3-30H,1-2H3. The smallest absolute Gasteiger partial charge is 0.164 e. The van der Waals surface area contributed by atoms with Crippen LogP contribution in [0.25, 0.3) is 80.5 Å². The summed E-state index contributed by atoms with van der Waals surface area (Å²) in [5, 5.41) is 0. The number of hydrogen-bond acceptors (Lipinski definition) is 6. The highest BCUT2D eigenvalue weighted by molar-refractivity contribution is 5.74. The van der Waals surface area contributed by atoms with Crippen LogP contribution < -0.4 is 0 Å². The molecule has 8 aromatic rings. The molecule has 0 aliphatic carbocycles. The zero-order valence-electron chi connectivity index (χ0n) is 28.8. The van der Waals surface area contributed by atoms with Crippen molar-refractivity contribution < 1.29 is 0 Å². The molecule has 2 heterocycles. The van der Waals surface area contributed by atoms with E-state index in [4.69, 9.17) is 29.9 Å². The van der Waals surface area contributed by atoms with Crippen molar-refractivity contribution in [1.82, 2.24) is 29.9 Å². The lowest BCUT2D eigenvalue weighted by Gasteiger charge is -2.09. The minimum Gasteiger partial charge on any atom is -0.208 e. The van der Waals surface area contributed by atoms with Crippen molar-refractivity contribution >= 4 is 12.2 Å². The summed E-state index contributed by atoms with van der Waals surface area (Å²) < 4.78 is 0. The lowest BCUT2D eigenvalue weighted by atomic mass is 10.1. The Balaban J connectivity index is 1.05. The third kappa shape index (κ3) is 7.32. The van der Waals surface area contributed by atoms with Crippen LogP contribution in [0, 0.1) is 13.8 Å². The van der Waals surface area contributed by atoms with E-state index in [-0.39, 0.29) is 0 Å². The molecule has 0 amide bonds. The molecule has 6 heteroatoms. The first kappa shape index (κ1) is 32.3. The molecule has 0 unspecified atom stereocenters. The number of benzene rings is 6. The molecule has 6 nitrogen and oxygen atoms in total. The van der Waals surface area contributed by atoms with Crippen molar-refractivity contribution in [3.8, 4) is 68.3 Å². The molecule has 0 aliphatic rings. The second-order valence-electron chi connectivity index (χ2n) is 12.7. The Morgan fingerprint density at radius 1 is 0.288 bits per heavy atom. The third-order valence-electron chi connectivity index (χ3n) is 8.69. The van der Waals surface area contributed by atoms with E-state index < -0.39 is 0 Å². The van der Waals surface area contributed by atoms with Crippen LogP contribution in [0.3, 0.4) is 0 Å². The number of hydrogen-bond donors (Lipinski definition) is 0. The normalized spacial score (nSPS) is 11.2. The maximum Gasteiger partial charge on any atom is 0.164 e. The molecule has 0 aliphatic heterocycles. The lowest BCUT2D eigenvalue weighted by molar-refractivity contribution is 1.07. The van der Waals surface area contributed by atoms with Crippen LogP contribution in [-0.4, -0.2) is 29.9 Å². The first-order valence-electron chi connectivity index (χ1n) is 17.2. The SMILES string of the molecule is Cc1cccc(-c2nc(-c3ccccc3)nc(-c3ccc(C=Cc4ccc(-c5nc(-c6ccccc6)nc(-c6cccc(C)c6)n5)cc4)cc3)n2)c1. The van der Waals surface area contributed by atoms with E-state index in [2.05, 4.69) is 98.8 Å². The van der Waals surface area contributed by atoms with E-state index in [1.165, 1.54) is 0 Å². The molecule has 6 aromatic carbocycles. The Morgan fingerprint density at radius 2 is 0.577 bits per heavy atom. The number of aromatic nitrogens is 6. The van der Waals surface area contributed by atoms with Gasteiger partial charge in [0.25, 0.3) is 0 Å². The Kier molecular flexibility index (Phi) is 9.01. The predicted molar refractivity (Wildman–Crippen MR) is 211 cm³/mol. The fourth-order valence-electron chi connectivity index (χ4n) is 5.95. The molecular formula is C46H34N6. The van der Waals surface area contributed by atoms with Crippen molar-refractivity contribution in [3.63, 3.8) is 0 Å². The number of nitrogens with zero attached hydrogens (tertiary/aromatic N) is 6. The van der Waals surface area contributed by atoms with E-state index in [0.717, 1.165) is 55.6 Å². The summed E-state index contributed by atoms with van der Waals surface area (Å²) in [6.07, 6.45) is 4.21. The Morgan fingerprint density at radius 3 is 0.904 bits per heavy atom. The molecule has 0 saturated carbocycles. The van der Waals surface area contributed by atoms with Gasteiger partial charge in [-0.15, -0.1) is 0 Å². The molecule has 0 N–H and O–H groups in total. The van der Waals surface area contributed by atoms with Gasteiger partial charge in [0.1, 0.15) is 0 Å². The zero-order chi connectivity index (χ0) is 35.3. The van der Waals surface area contributed by atoms with Crippen LogP contribution in [0.5, 0.6) is 0 Å². The summed E-state index contributed by atoms with van der Waals surface area (Å²) in [6.45, 7) is 4.15. The Labute approximate surface area is 303 Å². The average molecular weight is 671 g/mol. The van der Waals surface area contributed by atoms with Crippen LogP contribution in [-0.2, 0) is 0 Å². The first-order chi connectivity index (χ1) is 25.5. The Hall–Kier alpha value is -6.92. The summed E-state index contributed by atoms with van der Waals surface area (Å²) in [4.78, 5) is 29.2. The highest BCUT2D eigenvalue weighted by Gasteiger charge is 2.14. The quantitative estimate of drug-likeness (QED) is 0.150. The van der Waals surface area contributed by atoms with Gasteiger partial charge in [-0.25, -0.2) is 29.9 Å². The largest absolute Gasteiger partial charge is 0.208 e. The van der Waals surface area contributed by atoms with Gasteiger partial charge in [0.2, 0.25) is 0 Å². The van der Waals surface area contributed by atoms with Crippen molar-refractivity contribution in [2.75, 3.05) is 0 Å². The molecule has 0 bridgehead atoms. The van der Waals surface area contributed by atoms with E-state index in [1.54, 1.807) is 0 Å². The molecule has 0 fully saturated rings. The topological polar surface area (TPSA) is 77.3 Å². The average Bonchev–Trinajstić information content (AvgIpc) is 3.21. The van der Waals surface area contributed by atoms with Crippen molar-refractivity contribution in [3.05, 3.63) is 180 Å². The minimum absolute atomic E-state index is 0.635. The van der Waals surface area contributed by atoms with Crippen molar-refractivity contribution in [2.45, 2.75) is 13.8 Å². The second kappa shape index (κ2) is 14.5. The monoisotopic (exact) mass is 670 g/mol. The van der Waals surface area contributed by atoms with E-state index in [9.17, 15) is 0 Å². The molecule has 52 heavy (non-hydrogen) atoms. The van der Waals surface area contributed by atoms with Crippen LogP contribution >= 0.6 is 0 Å². The summed E-state index contributed by atoms with van der Waals surface area (Å²) in [7, 11) is 0. The first-order valence-corrected chi connectivity index (χ1v) is 17.2. The van der Waals surface area contributed by atoms with Gasteiger partial charge in [0, 0.05) is 33.4 Å². The van der Waals surface area contributed by atoms with Gasteiger partial charge in [0.05, 0.1) is 0 Å². The van der Waals surface area contributed by atoms with E-state index >= 15 is 0 Å². The molecule has 0 saturated heterocycles. The van der Waals surface area contributed by atoms with Crippen LogP contribution in [0.2, 0.25) is 0 Å². The van der Waals surface area contributed by atoms with Gasteiger partial charge in [0.15, 0.2) is 34.9 Å². The van der Waals surface area contributed by atoms with Crippen molar-refractivity contribution in [2.24, 2.45) is 0 Å². The van der Waals surface area contributed by atoms with Gasteiger partial charge in [-0.1, -0.05) is 169 Å². The minimum atomic E-state index is 0.635. The maximum absolute atomic E-state index is 4.89. The highest BCUT2D eigenvalue weighted by atomic mass is 15.0. The van der Waals surface area contributed by atoms with Crippen LogP contribution in [0.15, 0.2) is 158 Å². The van der Waals surface area contributed by atoms with Gasteiger partial charge in [-0.2, -0.15) is 0 Å². The number of aryl methyl sites for hydroxylation is 2. The Bertz CT molecular complexity index is 2330. The second-order valence-corrected chi connectivity index (χ2v) is 12.7. The highest BCUT2D eigenvalue weighted by Crippen LogP contribution is 2.28. The van der Waals surface area contributed by atoms with Gasteiger partial charge < -0.3 is 0 Å². The molecule has 8 rings (SSSR count). The summed E-state index contributed by atoms with van der Waals surface area (Å²) in [5.41, 5.74) is 10.1. The third-order valence-corrected chi connectivity index (χ3v) is 8.69. The van der Waals surface area contributed by atoms with Gasteiger partial charge >= 0.3 is 0 Å². The summed E-state index contributed by atoms with van der Waals surface area (Å²) in [5.74, 6) is 3.87. The molecule has 0 radical (unpaired) electrons. The fraction of sp³-hybridized carbons (Fsp3) is 0.0435. The van der Waals surface area contributed by atoms with Crippen molar-refractivity contribution in [1.29, 1.82) is 0 Å². The fourth-order valence-corrected chi connectivity index (χ4v) is 5.95. The van der Waals surface area contributed by atoms with E-state index in [1.807, 2.05) is 84.9 Å². The molecule has 248 valence electrons. The lowest BCUT2D eigenvalue weighted by Crippen LogP contribution is -2.00. The predicted octanol–water partition coefficient (Wildman–Crippen LogP) is 10.8. The maximum atomic E-state index is 4.89. The summed E-state index contributed by atoms with van der Waals surface area (Å²) >= 11 is 0. The molecule has 2 aromatic heterocycles. The molecule has 0 atom stereocenters. The number of rotatable bonds is 8. The van der Waals surface area contributed by atoms with Crippen LogP contribution in [0.4, 0.5) is 0 Å². The van der Waals surface area contributed by atoms with Gasteiger partial charge in [-0.3, -0.25) is 0 Å².